The quantitative estimate of drug-likeness (QED) is 0.918. The Morgan fingerprint density at radius 1 is 1.11 bits per heavy atom. The molecule has 0 heterocycles. The van der Waals surface area contributed by atoms with Crippen molar-refractivity contribution in [2.75, 3.05) is 6.54 Å². The molecule has 0 bridgehead atoms. The third kappa shape index (κ3) is 3.09. The van der Waals surface area contributed by atoms with Gasteiger partial charge in [0.15, 0.2) is 0 Å². The van der Waals surface area contributed by atoms with E-state index >= 15 is 0 Å². The van der Waals surface area contributed by atoms with E-state index in [0.717, 1.165) is 0 Å². The highest BCUT2D eigenvalue weighted by Gasteiger charge is 2.16. The Hall–Kier alpha value is -1.94. The highest BCUT2D eigenvalue weighted by molar-refractivity contribution is 5.29. The van der Waals surface area contributed by atoms with Gasteiger partial charge in [-0.25, -0.2) is 8.78 Å². The Bertz CT molecular complexity index is 572. The van der Waals surface area contributed by atoms with Gasteiger partial charge in [-0.15, -0.1) is 0 Å². The minimum Gasteiger partial charge on any atom is -0.484 e. The van der Waals surface area contributed by atoms with E-state index in [1.807, 2.05) is 0 Å². The summed E-state index contributed by atoms with van der Waals surface area (Å²) in [6.45, 7) is 1.77. The van der Waals surface area contributed by atoms with Crippen LogP contribution in [-0.4, -0.2) is 6.54 Å². The van der Waals surface area contributed by atoms with Crippen LogP contribution in [0.1, 0.15) is 17.2 Å². The predicted molar refractivity (Wildman–Crippen MR) is 70.0 cm³/mol. The molecule has 2 rings (SSSR count). The van der Waals surface area contributed by atoms with Crippen LogP contribution >= 0.6 is 0 Å². The molecule has 2 nitrogen and oxygen atoms in total. The molecule has 19 heavy (non-hydrogen) atoms. The highest BCUT2D eigenvalue weighted by Crippen LogP contribution is 2.24. The minimum absolute atomic E-state index is 0.108. The first-order valence-corrected chi connectivity index (χ1v) is 5.99. The van der Waals surface area contributed by atoms with Gasteiger partial charge in [-0.05, 0) is 24.6 Å². The summed E-state index contributed by atoms with van der Waals surface area (Å²) in [5, 5.41) is 0. The van der Waals surface area contributed by atoms with Gasteiger partial charge in [0.2, 0.25) is 0 Å². The van der Waals surface area contributed by atoms with Gasteiger partial charge in [0, 0.05) is 18.2 Å². The molecule has 0 aliphatic heterocycles. The zero-order valence-electron chi connectivity index (χ0n) is 10.6. The highest BCUT2D eigenvalue weighted by atomic mass is 19.1. The van der Waals surface area contributed by atoms with Gasteiger partial charge in [0.05, 0.1) is 0 Å². The molecule has 0 saturated heterocycles. The fourth-order valence-corrected chi connectivity index (χ4v) is 1.79. The van der Waals surface area contributed by atoms with E-state index in [-0.39, 0.29) is 18.2 Å². The monoisotopic (exact) mass is 263 g/mol. The second-order valence-electron chi connectivity index (χ2n) is 4.27. The molecule has 2 aromatic rings. The van der Waals surface area contributed by atoms with Crippen LogP contribution in [0.3, 0.4) is 0 Å². The van der Waals surface area contributed by atoms with Crippen LogP contribution in [0.15, 0.2) is 42.5 Å². The molecule has 0 saturated carbocycles. The Kier molecular flexibility index (Phi) is 4.12. The molecule has 4 heteroatoms. The Balaban J connectivity index is 2.24. The van der Waals surface area contributed by atoms with Crippen LogP contribution in [0.4, 0.5) is 8.78 Å². The van der Waals surface area contributed by atoms with Gasteiger partial charge in [-0.2, -0.15) is 0 Å². The number of nitrogens with two attached hydrogens (primary N) is 1. The molecule has 0 amide bonds. The summed E-state index contributed by atoms with van der Waals surface area (Å²) in [6, 6.07) is 10.8. The number of aryl methyl sites for hydroxylation is 1. The fraction of sp³-hybridized carbons (Fsp3) is 0.200. The predicted octanol–water partition coefficient (Wildman–Crippen LogP) is 3.35. The smallest absolute Gasteiger partial charge is 0.139 e. The molecule has 100 valence electrons. The SMILES string of the molecule is Cc1ccc(OC(CN)c2ccccc2F)cc1F. The summed E-state index contributed by atoms with van der Waals surface area (Å²) >= 11 is 0. The molecular weight excluding hydrogens is 248 g/mol. The summed E-state index contributed by atoms with van der Waals surface area (Å²) in [5.74, 6) is -0.408. The third-order valence-corrected chi connectivity index (χ3v) is 2.89. The van der Waals surface area contributed by atoms with Crippen molar-refractivity contribution in [2.24, 2.45) is 5.73 Å². The number of hydrogen-bond acceptors (Lipinski definition) is 2. The average molecular weight is 263 g/mol. The van der Waals surface area contributed by atoms with Crippen molar-refractivity contribution in [3.63, 3.8) is 0 Å². The van der Waals surface area contributed by atoms with Crippen molar-refractivity contribution < 1.29 is 13.5 Å². The molecule has 1 unspecified atom stereocenters. The van der Waals surface area contributed by atoms with E-state index < -0.39 is 6.10 Å². The van der Waals surface area contributed by atoms with E-state index in [1.165, 1.54) is 12.1 Å². The summed E-state index contributed by atoms with van der Waals surface area (Å²) in [4.78, 5) is 0. The molecule has 0 radical (unpaired) electrons. The lowest BCUT2D eigenvalue weighted by Crippen LogP contribution is -2.19. The molecule has 0 aliphatic rings. The summed E-state index contributed by atoms with van der Waals surface area (Å²) in [7, 11) is 0. The minimum atomic E-state index is -0.636. The van der Waals surface area contributed by atoms with Crippen LogP contribution in [0.25, 0.3) is 0 Å². The lowest BCUT2D eigenvalue weighted by Gasteiger charge is -2.18. The van der Waals surface area contributed by atoms with Gasteiger partial charge in [-0.1, -0.05) is 24.3 Å². The van der Waals surface area contributed by atoms with Crippen molar-refractivity contribution in [3.8, 4) is 5.75 Å². The van der Waals surface area contributed by atoms with Gasteiger partial charge >= 0.3 is 0 Å². The second-order valence-corrected chi connectivity index (χ2v) is 4.27. The Labute approximate surface area is 110 Å². The first kappa shape index (κ1) is 13.5. The van der Waals surface area contributed by atoms with Crippen molar-refractivity contribution >= 4 is 0 Å². The third-order valence-electron chi connectivity index (χ3n) is 2.89. The Morgan fingerprint density at radius 2 is 1.84 bits per heavy atom. The van der Waals surface area contributed by atoms with Crippen LogP contribution in [0.2, 0.25) is 0 Å². The zero-order chi connectivity index (χ0) is 13.8. The maximum Gasteiger partial charge on any atom is 0.139 e. The largest absolute Gasteiger partial charge is 0.484 e. The second kappa shape index (κ2) is 5.80. The number of halogens is 2. The molecule has 2 N–H and O–H groups in total. The van der Waals surface area contributed by atoms with Crippen LogP contribution in [0.5, 0.6) is 5.75 Å². The fourth-order valence-electron chi connectivity index (χ4n) is 1.79. The number of ether oxygens (including phenoxy) is 1. The average Bonchev–Trinajstić information content (AvgIpc) is 2.41. The molecule has 0 spiro atoms. The molecule has 0 aliphatic carbocycles. The van der Waals surface area contributed by atoms with Crippen LogP contribution < -0.4 is 10.5 Å². The molecule has 2 aromatic carbocycles. The number of hydrogen-bond donors (Lipinski definition) is 1. The van der Waals surface area contributed by atoms with Crippen molar-refractivity contribution in [3.05, 3.63) is 65.2 Å². The summed E-state index contributed by atoms with van der Waals surface area (Å²) < 4.78 is 32.7. The van der Waals surface area contributed by atoms with Crippen molar-refractivity contribution in [1.82, 2.24) is 0 Å². The number of benzene rings is 2. The summed E-state index contributed by atoms with van der Waals surface area (Å²) in [5.41, 5.74) is 6.50. The maximum absolute atomic E-state index is 13.7. The summed E-state index contributed by atoms with van der Waals surface area (Å²) in [6.07, 6.45) is -0.636. The van der Waals surface area contributed by atoms with E-state index in [0.29, 0.717) is 16.9 Å². The first-order chi connectivity index (χ1) is 9.11. The molecule has 0 aromatic heterocycles. The lowest BCUT2D eigenvalue weighted by atomic mass is 10.1. The van der Waals surface area contributed by atoms with Gasteiger partial charge < -0.3 is 10.5 Å². The maximum atomic E-state index is 13.7. The number of rotatable bonds is 4. The van der Waals surface area contributed by atoms with E-state index in [4.69, 9.17) is 10.5 Å². The van der Waals surface area contributed by atoms with E-state index in [1.54, 1.807) is 37.3 Å². The van der Waals surface area contributed by atoms with Crippen molar-refractivity contribution in [2.45, 2.75) is 13.0 Å². The van der Waals surface area contributed by atoms with E-state index in [2.05, 4.69) is 0 Å². The molecule has 1 atom stereocenters. The van der Waals surface area contributed by atoms with Gasteiger partial charge in [0.1, 0.15) is 23.5 Å². The Morgan fingerprint density at radius 3 is 2.47 bits per heavy atom. The molecule has 0 fully saturated rings. The van der Waals surface area contributed by atoms with Crippen LogP contribution in [0, 0.1) is 18.6 Å². The topological polar surface area (TPSA) is 35.2 Å². The van der Waals surface area contributed by atoms with Gasteiger partial charge in [0.25, 0.3) is 0 Å². The van der Waals surface area contributed by atoms with Gasteiger partial charge in [-0.3, -0.25) is 0 Å². The standard InChI is InChI=1S/C15H15F2NO/c1-10-6-7-11(8-14(10)17)19-15(9-18)12-4-2-3-5-13(12)16/h2-8,15H,9,18H2,1H3. The van der Waals surface area contributed by atoms with Crippen LogP contribution in [-0.2, 0) is 0 Å². The molecular formula is C15H15F2NO. The normalized spacial score (nSPS) is 12.2. The van der Waals surface area contributed by atoms with Crippen molar-refractivity contribution in [1.29, 1.82) is 0 Å². The first-order valence-electron chi connectivity index (χ1n) is 5.99. The zero-order valence-corrected chi connectivity index (χ0v) is 10.6. The van der Waals surface area contributed by atoms with E-state index in [9.17, 15) is 8.78 Å². The lowest BCUT2D eigenvalue weighted by molar-refractivity contribution is 0.208.